The van der Waals surface area contributed by atoms with E-state index < -0.39 is 15.6 Å². The van der Waals surface area contributed by atoms with E-state index in [-0.39, 0.29) is 28.7 Å². The van der Waals surface area contributed by atoms with Gasteiger partial charge in [0.15, 0.2) is 5.65 Å². The number of para-hydroxylation sites is 1. The Morgan fingerprint density at radius 1 is 0.857 bits per heavy atom. The number of ether oxygens (including phenoxy) is 1. The molecule has 3 aromatic carbocycles. The Balaban J connectivity index is 1.16. The summed E-state index contributed by atoms with van der Waals surface area (Å²) < 4.78 is 36.4. The summed E-state index contributed by atoms with van der Waals surface area (Å²) in [6.07, 6.45) is 3.78. The number of rotatable bonds is 5. The predicted molar refractivity (Wildman–Crippen MR) is 217 cm³/mol. The van der Waals surface area contributed by atoms with E-state index in [2.05, 4.69) is 22.0 Å². The number of nitrogens with zero attached hydrogens (tertiary/aromatic N) is 7. The lowest BCUT2D eigenvalue weighted by molar-refractivity contribution is -0.0380. The summed E-state index contributed by atoms with van der Waals surface area (Å²) in [5.74, 6) is 0.753. The highest BCUT2D eigenvalue weighted by Crippen LogP contribution is 2.41. The van der Waals surface area contributed by atoms with Gasteiger partial charge in [-0.1, -0.05) is 35.9 Å². The van der Waals surface area contributed by atoms with Crippen LogP contribution in [0.1, 0.15) is 43.9 Å². The summed E-state index contributed by atoms with van der Waals surface area (Å²) in [6, 6.07) is 28.6. The maximum absolute atomic E-state index is 14.7. The van der Waals surface area contributed by atoms with E-state index in [9.17, 15) is 18.5 Å². The van der Waals surface area contributed by atoms with Gasteiger partial charge in [-0.05, 0) is 101 Å². The molecule has 1 amide bonds. The minimum Gasteiger partial charge on any atom is -0.444 e. The van der Waals surface area contributed by atoms with Gasteiger partial charge in [-0.15, -0.1) is 0 Å². The Labute approximate surface area is 324 Å². The number of carbonyl (C=O) groups excluding carboxylic acids is 1. The van der Waals surface area contributed by atoms with E-state index in [1.807, 2.05) is 94.1 Å². The largest absolute Gasteiger partial charge is 0.444 e. The molecule has 0 spiro atoms. The number of anilines is 1. The minimum atomic E-state index is -4.19. The van der Waals surface area contributed by atoms with E-state index in [1.165, 1.54) is 10.2 Å². The van der Waals surface area contributed by atoms with Crippen LogP contribution in [0, 0.1) is 25.2 Å². The Bertz CT molecular complexity index is 2880. The third-order valence-electron chi connectivity index (χ3n) is 10.8. The van der Waals surface area contributed by atoms with Crippen molar-refractivity contribution in [3.05, 3.63) is 114 Å². The molecule has 2 atom stereocenters. The number of amides is 1. The van der Waals surface area contributed by atoms with Gasteiger partial charge < -0.3 is 9.64 Å². The van der Waals surface area contributed by atoms with Crippen molar-refractivity contribution in [3.8, 4) is 28.5 Å². The van der Waals surface area contributed by atoms with Gasteiger partial charge in [0.25, 0.3) is 10.0 Å². The fourth-order valence-electron chi connectivity index (χ4n) is 8.12. The van der Waals surface area contributed by atoms with Crippen LogP contribution in [0.2, 0.25) is 0 Å². The molecule has 10 rings (SSSR count). The van der Waals surface area contributed by atoms with Crippen LogP contribution >= 0.6 is 0 Å². The van der Waals surface area contributed by atoms with E-state index in [4.69, 9.17) is 14.7 Å². The van der Waals surface area contributed by atoms with E-state index in [1.54, 1.807) is 30.5 Å². The fourth-order valence-corrected chi connectivity index (χ4v) is 9.60. The first-order valence-electron chi connectivity index (χ1n) is 18.6. The third-order valence-corrected chi connectivity index (χ3v) is 12.5. The molecule has 2 unspecified atom stereocenters. The average Bonchev–Trinajstić information content (AvgIpc) is 3.57. The van der Waals surface area contributed by atoms with Crippen molar-refractivity contribution in [1.82, 2.24) is 23.8 Å². The van der Waals surface area contributed by atoms with Crippen LogP contribution in [0.5, 0.6) is 0 Å². The van der Waals surface area contributed by atoms with Crippen LogP contribution in [0.3, 0.4) is 0 Å². The highest BCUT2D eigenvalue weighted by atomic mass is 32.2. The van der Waals surface area contributed by atoms with Crippen molar-refractivity contribution in [2.45, 2.75) is 63.6 Å². The lowest BCUT2D eigenvalue weighted by atomic mass is 9.88. The molecule has 3 aliphatic heterocycles. The van der Waals surface area contributed by atoms with Crippen LogP contribution in [-0.4, -0.2) is 69.1 Å². The topological polar surface area (TPSA) is 134 Å². The first-order chi connectivity index (χ1) is 26.8. The molecule has 2 bridgehead atoms. The van der Waals surface area contributed by atoms with Gasteiger partial charge in [-0.25, -0.2) is 32.1 Å². The standard InChI is InChI=1S/C44H39N7O4S/c1-26-10-13-34(14-11-26)56(53,54)51-39(30-16-27(2)35-17-28-8-6-7-9-37(28)48-38(35)18-30)20-36-41(31(21-45)23-47-42(36)51)29-12-15-40(46-22-29)49-24-32-19-33(25-49)50(32)43(52)55-44(3,4)5/h6-18,20,22-23,32-33H,19,24-25H2,1-5H3. The van der Waals surface area contributed by atoms with E-state index in [0.29, 0.717) is 46.4 Å². The Morgan fingerprint density at radius 3 is 2.30 bits per heavy atom. The molecule has 0 radical (unpaired) electrons. The summed E-state index contributed by atoms with van der Waals surface area (Å²) in [6.45, 7) is 10.8. The maximum atomic E-state index is 14.7. The Morgan fingerprint density at radius 2 is 1.61 bits per heavy atom. The second kappa shape index (κ2) is 12.9. The van der Waals surface area contributed by atoms with Gasteiger partial charge in [0.1, 0.15) is 17.5 Å². The van der Waals surface area contributed by atoms with Crippen molar-refractivity contribution in [3.63, 3.8) is 0 Å². The summed E-state index contributed by atoms with van der Waals surface area (Å²) >= 11 is 0. The smallest absolute Gasteiger partial charge is 0.410 e. The number of hydrogen-bond acceptors (Lipinski definition) is 9. The molecule has 3 saturated heterocycles. The summed E-state index contributed by atoms with van der Waals surface area (Å²) in [4.78, 5) is 31.4. The number of aryl methyl sites for hydroxylation is 2. The quantitative estimate of drug-likeness (QED) is 0.159. The fraction of sp³-hybridized carbons (Fsp3) is 0.250. The molecule has 7 aromatic rings. The average molecular weight is 762 g/mol. The number of pyridine rings is 3. The highest BCUT2D eigenvalue weighted by molar-refractivity contribution is 7.90. The van der Waals surface area contributed by atoms with Crippen molar-refractivity contribution < 1.29 is 17.9 Å². The predicted octanol–water partition coefficient (Wildman–Crippen LogP) is 8.39. The van der Waals surface area contributed by atoms with Gasteiger partial charge in [-0.3, -0.25) is 4.90 Å². The molecule has 0 aliphatic carbocycles. The molecule has 56 heavy (non-hydrogen) atoms. The molecule has 3 aliphatic rings. The normalized spacial score (nSPS) is 16.9. The molecule has 0 N–H and O–H groups in total. The van der Waals surface area contributed by atoms with Crippen molar-refractivity contribution in [1.29, 1.82) is 5.26 Å². The molecule has 0 saturated carbocycles. The van der Waals surface area contributed by atoms with Crippen LogP contribution in [0.4, 0.5) is 10.6 Å². The highest BCUT2D eigenvalue weighted by Gasteiger charge is 2.49. The molecular formula is C44H39N7O4S. The minimum absolute atomic E-state index is 0.0384. The maximum Gasteiger partial charge on any atom is 0.410 e. The molecule has 4 aromatic heterocycles. The zero-order chi connectivity index (χ0) is 39.1. The van der Waals surface area contributed by atoms with Crippen molar-refractivity contribution in [2.24, 2.45) is 0 Å². The van der Waals surface area contributed by atoms with Crippen molar-refractivity contribution >= 4 is 54.8 Å². The van der Waals surface area contributed by atoms with Crippen LogP contribution in [-0.2, 0) is 14.8 Å². The number of piperidine rings is 1. The number of carbonyl (C=O) groups is 1. The van der Waals surface area contributed by atoms with Gasteiger partial charge in [0.2, 0.25) is 0 Å². The van der Waals surface area contributed by atoms with Crippen molar-refractivity contribution in [2.75, 3.05) is 18.0 Å². The summed E-state index contributed by atoms with van der Waals surface area (Å²) in [7, 11) is -4.19. The Kier molecular flexibility index (Phi) is 8.14. The summed E-state index contributed by atoms with van der Waals surface area (Å²) in [5.41, 5.74) is 5.60. The first kappa shape index (κ1) is 35.4. The number of piperazine rings is 1. The lowest BCUT2D eigenvalue weighted by Gasteiger charge is -2.56. The van der Waals surface area contributed by atoms with Gasteiger partial charge in [0.05, 0.1) is 39.3 Å². The van der Waals surface area contributed by atoms with E-state index >= 15 is 0 Å². The zero-order valence-electron chi connectivity index (χ0n) is 31.7. The number of benzene rings is 3. The molecule has 12 heteroatoms. The van der Waals surface area contributed by atoms with Crippen LogP contribution < -0.4 is 4.90 Å². The molecule has 7 heterocycles. The molecule has 280 valence electrons. The number of aromatic nitrogens is 4. The second-order valence-corrected chi connectivity index (χ2v) is 17.6. The zero-order valence-corrected chi connectivity index (χ0v) is 32.5. The monoisotopic (exact) mass is 761 g/mol. The van der Waals surface area contributed by atoms with E-state index in [0.717, 1.165) is 45.2 Å². The van der Waals surface area contributed by atoms with Crippen LogP contribution in [0.15, 0.2) is 102 Å². The van der Waals surface area contributed by atoms with Gasteiger partial charge in [-0.2, -0.15) is 5.26 Å². The summed E-state index contributed by atoms with van der Waals surface area (Å²) in [5, 5.41) is 12.9. The second-order valence-electron chi connectivity index (χ2n) is 15.8. The molecular weight excluding hydrogens is 723 g/mol. The molecule has 3 fully saturated rings. The number of nitriles is 1. The first-order valence-corrected chi connectivity index (χ1v) is 20.0. The lowest BCUT2D eigenvalue weighted by Crippen LogP contribution is -2.70. The van der Waals surface area contributed by atoms with Gasteiger partial charge >= 0.3 is 6.09 Å². The van der Waals surface area contributed by atoms with Crippen LogP contribution in [0.25, 0.3) is 55.2 Å². The SMILES string of the molecule is Cc1ccc(S(=O)(=O)n2c(-c3cc(C)c4cc5ccccc5nc4c3)cc3c(-c4ccc(N5CC6CC(C5)N6C(=O)OC(C)(C)C)nc4)c(C#N)cnc32)cc1. The number of hydrogen-bond donors (Lipinski definition) is 0. The van der Waals surface area contributed by atoms with Gasteiger partial charge in [0, 0.05) is 58.3 Å². The Hall–Kier alpha value is -6.32. The third kappa shape index (κ3) is 5.90. The number of fused-ring (bicyclic) bond motifs is 5. The molecule has 11 nitrogen and oxygen atoms in total.